The fourth-order valence-electron chi connectivity index (χ4n) is 8.22. The van der Waals surface area contributed by atoms with Crippen molar-refractivity contribution >= 4 is 11.8 Å². The van der Waals surface area contributed by atoms with Gasteiger partial charge in [-0.25, -0.2) is 0 Å². The van der Waals surface area contributed by atoms with Crippen LogP contribution in [0, 0.1) is 28.6 Å². The van der Waals surface area contributed by atoms with Gasteiger partial charge in [0.1, 0.15) is 0 Å². The van der Waals surface area contributed by atoms with Gasteiger partial charge in [-0.05, 0) is 57.6 Å². The number of hydrogen-bond donors (Lipinski definition) is 0. The van der Waals surface area contributed by atoms with Crippen LogP contribution in [0.4, 0.5) is 0 Å². The number of hydrogen-bond acceptors (Lipinski definition) is 6. The van der Waals surface area contributed by atoms with Crippen LogP contribution in [-0.4, -0.2) is 62.9 Å². The number of allylic oxidation sites excluding steroid dienone is 1. The molecule has 172 valence electrons. The minimum atomic E-state index is -0.504. The maximum atomic E-state index is 13.1. The molecule has 0 aromatic carbocycles. The molecule has 2 bridgehead atoms. The summed E-state index contributed by atoms with van der Waals surface area (Å²) >= 11 is 0. The Bertz CT molecular complexity index is 805. The van der Waals surface area contributed by atoms with E-state index in [0.717, 1.165) is 57.2 Å². The van der Waals surface area contributed by atoms with Gasteiger partial charge in [0.2, 0.25) is 0 Å². The quantitative estimate of drug-likeness (QED) is 0.636. The molecule has 1 saturated carbocycles. The van der Waals surface area contributed by atoms with Crippen molar-refractivity contribution in [2.24, 2.45) is 28.6 Å². The number of esters is 1. The molecule has 2 spiro atoms. The molecular formula is C25H37NO5. The molecule has 5 aliphatic rings. The summed E-state index contributed by atoms with van der Waals surface area (Å²) in [6.45, 7) is 6.96. The van der Waals surface area contributed by atoms with Crippen molar-refractivity contribution in [2.75, 3.05) is 40.5 Å². The number of ether oxygens (including phenoxy) is 3. The van der Waals surface area contributed by atoms with Crippen molar-refractivity contribution in [3.63, 3.8) is 0 Å². The smallest absolute Gasteiger partial charge is 0.309 e. The maximum Gasteiger partial charge on any atom is 0.309 e. The van der Waals surface area contributed by atoms with Gasteiger partial charge in [0, 0.05) is 49.8 Å². The fourth-order valence-corrected chi connectivity index (χ4v) is 8.22. The predicted octanol–water partition coefficient (Wildman–Crippen LogP) is 3.35. The Morgan fingerprint density at radius 3 is 2.74 bits per heavy atom. The first-order chi connectivity index (χ1) is 14.9. The SMILES string of the molecule is CCOC(=O)[C@@H]1C[C@@]23CN(C)C[C@@H](CCC4=C2[C@@H]1CC4=O)[C@]31CC[C@](CC)(OC)OC1. The maximum absolute atomic E-state index is 13.1. The van der Waals surface area contributed by atoms with Gasteiger partial charge in [0.05, 0.1) is 19.1 Å². The van der Waals surface area contributed by atoms with E-state index in [1.807, 2.05) is 6.92 Å². The molecule has 5 rings (SSSR count). The fraction of sp³-hybridized carbons (Fsp3) is 0.840. The summed E-state index contributed by atoms with van der Waals surface area (Å²) in [6, 6.07) is 0. The lowest BCUT2D eigenvalue weighted by Crippen LogP contribution is -2.64. The van der Waals surface area contributed by atoms with E-state index in [0.29, 0.717) is 25.6 Å². The van der Waals surface area contributed by atoms with Gasteiger partial charge in [-0.15, -0.1) is 0 Å². The molecule has 6 heteroatoms. The number of carbonyl (C=O) groups excluding carboxylic acids is 2. The van der Waals surface area contributed by atoms with Gasteiger partial charge in [-0.3, -0.25) is 9.59 Å². The van der Waals surface area contributed by atoms with Crippen LogP contribution in [0.1, 0.15) is 58.8 Å². The molecule has 6 atom stereocenters. The molecule has 2 saturated heterocycles. The van der Waals surface area contributed by atoms with Gasteiger partial charge in [0.15, 0.2) is 11.6 Å². The van der Waals surface area contributed by atoms with Gasteiger partial charge >= 0.3 is 5.97 Å². The highest BCUT2D eigenvalue weighted by atomic mass is 16.7. The van der Waals surface area contributed by atoms with Crippen molar-refractivity contribution in [3.8, 4) is 0 Å². The highest BCUT2D eigenvalue weighted by molar-refractivity contribution is 6.01. The molecule has 0 amide bonds. The first-order valence-electron chi connectivity index (χ1n) is 12.2. The lowest BCUT2D eigenvalue weighted by atomic mass is 9.50. The zero-order valence-corrected chi connectivity index (χ0v) is 19.5. The second-order valence-corrected chi connectivity index (χ2v) is 10.6. The molecule has 3 aliphatic carbocycles. The van der Waals surface area contributed by atoms with Crippen LogP contribution < -0.4 is 0 Å². The molecule has 0 aromatic rings. The molecule has 2 heterocycles. The summed E-state index contributed by atoms with van der Waals surface area (Å²) < 4.78 is 17.9. The van der Waals surface area contributed by atoms with Crippen LogP contribution in [-0.2, 0) is 23.8 Å². The Labute approximate surface area is 185 Å². The standard InChI is InChI=1S/C25H37NO5/c1-5-25(29-4)10-9-23(15-31-25)16-7-8-17-20(27)11-18-19(22(28)30-6-2)12-24(23,21(17)18)14-26(3)13-16/h16,18-19H,5-15H2,1-4H3/t16-,18-,19-,23-,24-,25-/m1/s1. The zero-order valence-electron chi connectivity index (χ0n) is 19.5. The van der Waals surface area contributed by atoms with Crippen LogP contribution in [0.25, 0.3) is 0 Å². The molecule has 0 unspecified atom stereocenters. The predicted molar refractivity (Wildman–Crippen MR) is 115 cm³/mol. The molecule has 6 nitrogen and oxygen atoms in total. The van der Waals surface area contributed by atoms with Crippen LogP contribution >= 0.6 is 0 Å². The first-order valence-corrected chi connectivity index (χ1v) is 12.2. The number of nitrogens with zero attached hydrogens (tertiary/aromatic N) is 1. The van der Waals surface area contributed by atoms with Crippen molar-refractivity contribution in [1.82, 2.24) is 4.90 Å². The zero-order chi connectivity index (χ0) is 22.0. The van der Waals surface area contributed by atoms with Gasteiger partial charge in [0.25, 0.3) is 0 Å². The highest BCUT2D eigenvalue weighted by Crippen LogP contribution is 2.71. The number of methoxy groups -OCH3 is 1. The van der Waals surface area contributed by atoms with E-state index in [2.05, 4.69) is 18.9 Å². The minimum absolute atomic E-state index is 0.0176. The third-order valence-corrected chi connectivity index (χ3v) is 9.60. The average Bonchev–Trinajstić information content (AvgIpc) is 3.23. The van der Waals surface area contributed by atoms with E-state index in [-0.39, 0.29) is 34.4 Å². The van der Waals surface area contributed by atoms with E-state index in [4.69, 9.17) is 14.2 Å². The van der Waals surface area contributed by atoms with Gasteiger partial charge in [-0.1, -0.05) is 12.5 Å². The van der Waals surface area contributed by atoms with Gasteiger partial charge in [-0.2, -0.15) is 0 Å². The largest absolute Gasteiger partial charge is 0.466 e. The second kappa shape index (κ2) is 7.39. The van der Waals surface area contributed by atoms with E-state index >= 15 is 0 Å². The Kier molecular flexibility index (Phi) is 5.15. The molecule has 0 aromatic heterocycles. The molecule has 31 heavy (non-hydrogen) atoms. The van der Waals surface area contributed by atoms with E-state index < -0.39 is 5.79 Å². The average molecular weight is 432 g/mol. The number of Topliss-reactive ketones (excluding diaryl/α,β-unsaturated/α-hetero) is 1. The van der Waals surface area contributed by atoms with Crippen molar-refractivity contribution < 1.29 is 23.8 Å². The van der Waals surface area contributed by atoms with E-state index in [1.54, 1.807) is 7.11 Å². The molecule has 0 radical (unpaired) electrons. The minimum Gasteiger partial charge on any atom is -0.466 e. The Morgan fingerprint density at radius 2 is 2.10 bits per heavy atom. The van der Waals surface area contributed by atoms with Gasteiger partial charge < -0.3 is 19.1 Å². The van der Waals surface area contributed by atoms with E-state index in [1.165, 1.54) is 5.57 Å². The normalized spacial score (nSPS) is 44.5. The van der Waals surface area contributed by atoms with Crippen molar-refractivity contribution in [1.29, 1.82) is 0 Å². The summed E-state index contributed by atoms with van der Waals surface area (Å²) in [5, 5.41) is 0. The summed E-state index contributed by atoms with van der Waals surface area (Å²) in [7, 11) is 3.95. The van der Waals surface area contributed by atoms with Crippen LogP contribution in [0.5, 0.6) is 0 Å². The van der Waals surface area contributed by atoms with Crippen molar-refractivity contribution in [3.05, 3.63) is 11.1 Å². The Hall–Kier alpha value is -1.24. The van der Waals surface area contributed by atoms with E-state index in [9.17, 15) is 9.59 Å². The Morgan fingerprint density at radius 1 is 1.29 bits per heavy atom. The summed E-state index contributed by atoms with van der Waals surface area (Å²) in [4.78, 5) is 28.6. The summed E-state index contributed by atoms with van der Waals surface area (Å²) in [6.07, 6.45) is 5.89. The van der Waals surface area contributed by atoms with Crippen LogP contribution in [0.3, 0.4) is 0 Å². The lowest BCUT2D eigenvalue weighted by Gasteiger charge is -2.62. The monoisotopic (exact) mass is 431 g/mol. The van der Waals surface area contributed by atoms with Crippen LogP contribution in [0.15, 0.2) is 11.1 Å². The lowest BCUT2D eigenvalue weighted by molar-refractivity contribution is -0.295. The summed E-state index contributed by atoms with van der Waals surface area (Å²) in [5.74, 6) is -0.0840. The number of carbonyl (C=O) groups is 2. The topological polar surface area (TPSA) is 65.1 Å². The number of ketones is 1. The third kappa shape index (κ3) is 2.80. The third-order valence-electron chi connectivity index (χ3n) is 9.60. The van der Waals surface area contributed by atoms with Crippen molar-refractivity contribution in [2.45, 2.75) is 64.6 Å². The molecule has 2 aliphatic heterocycles. The molecular weight excluding hydrogens is 394 g/mol. The molecule has 3 fully saturated rings. The molecule has 0 N–H and O–H groups in total. The second-order valence-electron chi connectivity index (χ2n) is 10.6. The Balaban J connectivity index is 1.63. The van der Waals surface area contributed by atoms with Crippen LogP contribution in [0.2, 0.25) is 0 Å². The number of likely N-dealkylation sites (tertiary alicyclic amines) is 1. The summed E-state index contributed by atoms with van der Waals surface area (Å²) in [5.41, 5.74) is 2.14. The number of rotatable bonds is 4. The highest BCUT2D eigenvalue weighted by Gasteiger charge is 2.70. The first kappa shape index (κ1) is 21.6. The number of piperidine rings is 1.